The topological polar surface area (TPSA) is 62.7 Å². The quantitative estimate of drug-likeness (QED) is 0.749. The number of hydrogen-bond donors (Lipinski definition) is 2. The van der Waals surface area contributed by atoms with Gasteiger partial charge in [-0.05, 0) is 24.6 Å². The van der Waals surface area contributed by atoms with E-state index in [9.17, 15) is 0 Å². The van der Waals surface area contributed by atoms with E-state index in [-0.39, 0.29) is 6.04 Å². The lowest BCUT2D eigenvalue weighted by Crippen LogP contribution is -2.09. The molecular weight excluding hydrogens is 274 g/mol. The molecule has 0 saturated heterocycles. The van der Waals surface area contributed by atoms with Gasteiger partial charge < -0.3 is 10.6 Å². The Balaban J connectivity index is 1.71. The Morgan fingerprint density at radius 2 is 1.59 bits per heavy atom. The molecule has 0 radical (unpaired) electrons. The largest absolute Gasteiger partial charge is 0.362 e. The lowest BCUT2D eigenvalue weighted by Gasteiger charge is -2.14. The van der Waals surface area contributed by atoms with Gasteiger partial charge in [-0.1, -0.05) is 48.5 Å². The number of nitrogens with one attached hydrogen (secondary N) is 2. The highest BCUT2D eigenvalue weighted by Crippen LogP contribution is 2.18. The molecule has 0 spiro atoms. The monoisotopic (exact) mass is 291 g/mol. The minimum Gasteiger partial charge on any atom is -0.362 e. The van der Waals surface area contributed by atoms with Gasteiger partial charge in [-0.2, -0.15) is 10.1 Å². The van der Waals surface area contributed by atoms with Crippen LogP contribution in [-0.2, 0) is 0 Å². The molecule has 0 saturated carbocycles. The zero-order valence-electron chi connectivity index (χ0n) is 12.3. The van der Waals surface area contributed by atoms with Gasteiger partial charge in [0.05, 0.1) is 6.20 Å². The van der Waals surface area contributed by atoms with Crippen LogP contribution in [-0.4, -0.2) is 15.2 Å². The molecule has 0 fully saturated rings. The Hall–Kier alpha value is -2.95. The molecule has 5 nitrogen and oxygen atoms in total. The summed E-state index contributed by atoms with van der Waals surface area (Å²) >= 11 is 0. The fourth-order valence-corrected chi connectivity index (χ4v) is 2.12. The highest BCUT2D eigenvalue weighted by molar-refractivity contribution is 5.53. The zero-order chi connectivity index (χ0) is 15.2. The molecule has 0 bridgehead atoms. The summed E-state index contributed by atoms with van der Waals surface area (Å²) < 4.78 is 0. The number of benzene rings is 2. The third kappa shape index (κ3) is 3.58. The summed E-state index contributed by atoms with van der Waals surface area (Å²) in [6, 6.07) is 20.1. The van der Waals surface area contributed by atoms with E-state index in [1.165, 1.54) is 5.56 Å². The fraction of sp³-hybridized carbons (Fsp3) is 0.118. The molecule has 1 heterocycles. The number of hydrogen-bond acceptors (Lipinski definition) is 5. The summed E-state index contributed by atoms with van der Waals surface area (Å²) in [6.07, 6.45) is 1.62. The molecule has 110 valence electrons. The number of aromatic nitrogens is 3. The standard InChI is InChI=1S/C17H17N5/c1-13(14-8-4-2-5-9-14)19-16-12-18-22-17(21-16)20-15-10-6-3-7-11-15/h2-13H,1H3,(H2,19,20,21,22). The van der Waals surface area contributed by atoms with Crippen molar-refractivity contribution < 1.29 is 0 Å². The minimum atomic E-state index is 0.141. The van der Waals surface area contributed by atoms with Crippen LogP contribution in [0.2, 0.25) is 0 Å². The van der Waals surface area contributed by atoms with E-state index in [2.05, 4.69) is 44.9 Å². The fourth-order valence-electron chi connectivity index (χ4n) is 2.12. The summed E-state index contributed by atoms with van der Waals surface area (Å²) in [6.45, 7) is 2.09. The van der Waals surface area contributed by atoms with Gasteiger partial charge in [-0.3, -0.25) is 0 Å². The molecule has 0 amide bonds. The van der Waals surface area contributed by atoms with Crippen molar-refractivity contribution in [3.8, 4) is 0 Å². The average molecular weight is 291 g/mol. The first-order valence-corrected chi connectivity index (χ1v) is 7.14. The van der Waals surface area contributed by atoms with Crippen LogP contribution in [0.3, 0.4) is 0 Å². The zero-order valence-corrected chi connectivity index (χ0v) is 12.3. The van der Waals surface area contributed by atoms with E-state index in [0.717, 1.165) is 5.69 Å². The summed E-state index contributed by atoms with van der Waals surface area (Å²) in [7, 11) is 0. The van der Waals surface area contributed by atoms with Crippen molar-refractivity contribution in [1.82, 2.24) is 15.2 Å². The highest BCUT2D eigenvalue weighted by Gasteiger charge is 2.07. The van der Waals surface area contributed by atoms with Crippen molar-refractivity contribution in [2.24, 2.45) is 0 Å². The van der Waals surface area contributed by atoms with E-state index in [4.69, 9.17) is 0 Å². The van der Waals surface area contributed by atoms with Crippen molar-refractivity contribution in [1.29, 1.82) is 0 Å². The van der Waals surface area contributed by atoms with Crippen LogP contribution in [0.4, 0.5) is 17.5 Å². The van der Waals surface area contributed by atoms with Crippen molar-refractivity contribution in [3.05, 3.63) is 72.4 Å². The summed E-state index contributed by atoms with van der Waals surface area (Å²) in [5, 5.41) is 14.5. The number of anilines is 3. The molecule has 2 aromatic carbocycles. The van der Waals surface area contributed by atoms with Gasteiger partial charge >= 0.3 is 0 Å². The minimum absolute atomic E-state index is 0.141. The normalized spacial score (nSPS) is 11.7. The van der Waals surface area contributed by atoms with Gasteiger partial charge in [0, 0.05) is 11.7 Å². The van der Waals surface area contributed by atoms with Crippen LogP contribution in [0, 0.1) is 0 Å². The van der Waals surface area contributed by atoms with Crippen molar-refractivity contribution >= 4 is 17.5 Å². The van der Waals surface area contributed by atoms with Crippen LogP contribution in [0.5, 0.6) is 0 Å². The molecule has 2 N–H and O–H groups in total. The molecule has 5 heteroatoms. The molecule has 3 rings (SSSR count). The lowest BCUT2D eigenvalue weighted by atomic mass is 10.1. The van der Waals surface area contributed by atoms with Gasteiger partial charge in [0.1, 0.15) is 0 Å². The van der Waals surface area contributed by atoms with Crippen molar-refractivity contribution in [2.45, 2.75) is 13.0 Å². The third-order valence-corrected chi connectivity index (χ3v) is 3.25. The maximum Gasteiger partial charge on any atom is 0.249 e. The second-order valence-electron chi connectivity index (χ2n) is 4.93. The van der Waals surface area contributed by atoms with Crippen LogP contribution in [0.15, 0.2) is 66.9 Å². The predicted molar refractivity (Wildman–Crippen MR) is 88.0 cm³/mol. The SMILES string of the molecule is CC(Nc1cnnc(Nc2ccccc2)n1)c1ccccc1. The molecule has 3 aromatic rings. The smallest absolute Gasteiger partial charge is 0.249 e. The van der Waals surface area contributed by atoms with E-state index in [1.807, 2.05) is 48.5 Å². The predicted octanol–water partition coefficient (Wildman–Crippen LogP) is 3.79. The molecule has 0 aliphatic rings. The molecule has 1 aromatic heterocycles. The van der Waals surface area contributed by atoms with E-state index in [1.54, 1.807) is 6.20 Å². The summed E-state index contributed by atoms with van der Waals surface area (Å²) in [5.41, 5.74) is 2.12. The maximum atomic E-state index is 4.44. The first kappa shape index (κ1) is 14.0. The van der Waals surface area contributed by atoms with E-state index >= 15 is 0 Å². The van der Waals surface area contributed by atoms with Gasteiger partial charge in [0.25, 0.3) is 0 Å². The van der Waals surface area contributed by atoms with Crippen LogP contribution in [0.25, 0.3) is 0 Å². The number of rotatable bonds is 5. The van der Waals surface area contributed by atoms with Gasteiger partial charge in [-0.15, -0.1) is 5.10 Å². The maximum absolute atomic E-state index is 4.44. The van der Waals surface area contributed by atoms with Crippen LogP contribution >= 0.6 is 0 Å². The van der Waals surface area contributed by atoms with Gasteiger partial charge in [0.15, 0.2) is 5.82 Å². The van der Waals surface area contributed by atoms with Gasteiger partial charge in [-0.25, -0.2) is 0 Å². The number of nitrogens with zero attached hydrogens (tertiary/aromatic N) is 3. The first-order chi connectivity index (χ1) is 10.8. The molecule has 0 aliphatic heterocycles. The molecular formula is C17H17N5. The van der Waals surface area contributed by atoms with Crippen molar-refractivity contribution in [2.75, 3.05) is 10.6 Å². The first-order valence-electron chi connectivity index (χ1n) is 7.14. The summed E-state index contributed by atoms with van der Waals surface area (Å²) in [5.74, 6) is 1.15. The van der Waals surface area contributed by atoms with E-state index < -0.39 is 0 Å². The summed E-state index contributed by atoms with van der Waals surface area (Å²) in [4.78, 5) is 4.44. The van der Waals surface area contributed by atoms with Crippen LogP contribution in [0.1, 0.15) is 18.5 Å². The molecule has 1 unspecified atom stereocenters. The Morgan fingerprint density at radius 1 is 0.909 bits per heavy atom. The third-order valence-electron chi connectivity index (χ3n) is 3.25. The molecule has 1 atom stereocenters. The number of para-hydroxylation sites is 1. The Bertz CT molecular complexity index is 715. The lowest BCUT2D eigenvalue weighted by molar-refractivity contribution is 0.861. The highest BCUT2D eigenvalue weighted by atomic mass is 15.3. The van der Waals surface area contributed by atoms with Crippen LogP contribution < -0.4 is 10.6 Å². The molecule has 22 heavy (non-hydrogen) atoms. The second kappa shape index (κ2) is 6.67. The Morgan fingerprint density at radius 3 is 2.32 bits per heavy atom. The average Bonchev–Trinajstić information content (AvgIpc) is 2.57. The second-order valence-corrected chi connectivity index (χ2v) is 4.93. The van der Waals surface area contributed by atoms with Gasteiger partial charge in [0.2, 0.25) is 5.95 Å². The molecule has 0 aliphatic carbocycles. The Labute approximate surface area is 129 Å². The van der Waals surface area contributed by atoms with Crippen molar-refractivity contribution in [3.63, 3.8) is 0 Å². The Kier molecular flexibility index (Phi) is 4.25. The van der Waals surface area contributed by atoms with E-state index in [0.29, 0.717) is 11.8 Å².